The molecule has 1 N–H and O–H groups in total. The zero-order chi connectivity index (χ0) is 23.4. The third-order valence-corrected chi connectivity index (χ3v) is 6.61. The minimum absolute atomic E-state index is 0.117. The Morgan fingerprint density at radius 3 is 2.67 bits per heavy atom. The zero-order valence-electron chi connectivity index (χ0n) is 17.7. The number of thioether (sulfide) groups is 1. The lowest BCUT2D eigenvalue weighted by Gasteiger charge is -2.19. The molecule has 1 atom stereocenters. The van der Waals surface area contributed by atoms with Gasteiger partial charge in [-0.25, -0.2) is 0 Å². The highest BCUT2D eigenvalue weighted by atomic mass is 35.5. The van der Waals surface area contributed by atoms with Crippen molar-refractivity contribution >= 4 is 40.9 Å². The van der Waals surface area contributed by atoms with E-state index in [1.807, 2.05) is 55.5 Å². The maximum atomic E-state index is 13.5. The molecule has 1 aliphatic heterocycles. The summed E-state index contributed by atoms with van der Waals surface area (Å²) in [7, 11) is 0. The Balaban J connectivity index is 1.68. The Labute approximate surface area is 200 Å². The van der Waals surface area contributed by atoms with E-state index in [2.05, 4.69) is 5.32 Å². The second-order valence-corrected chi connectivity index (χ2v) is 9.13. The minimum Gasteiger partial charge on any atom is -0.467 e. The average molecular weight is 478 g/mol. The standard InChI is InChI=1S/C25H20ClN3O3S/c1-16-7-9-19(10-8-16)29-24(31)22(13-17-4-2-5-18(26)12-17)33-25(29)21(14-27)23(30)28-15-20-6-3-11-32-20/h2-12,22H,13,15H2,1H3,(H,28,30)/b25-21-/t22-/m1/s1. The number of furan rings is 1. The summed E-state index contributed by atoms with van der Waals surface area (Å²) < 4.78 is 5.24. The fourth-order valence-corrected chi connectivity index (χ4v) is 4.98. The van der Waals surface area contributed by atoms with E-state index in [1.54, 1.807) is 18.2 Å². The minimum atomic E-state index is -0.565. The molecule has 166 valence electrons. The number of amides is 2. The first-order valence-electron chi connectivity index (χ1n) is 10.2. The maximum absolute atomic E-state index is 13.5. The van der Waals surface area contributed by atoms with Crippen LogP contribution < -0.4 is 10.2 Å². The van der Waals surface area contributed by atoms with Crippen molar-refractivity contribution in [2.24, 2.45) is 0 Å². The quantitative estimate of drug-likeness (QED) is 0.399. The molecule has 0 spiro atoms. The topological polar surface area (TPSA) is 86.3 Å². The second kappa shape index (κ2) is 9.99. The number of hydrogen-bond donors (Lipinski definition) is 1. The molecule has 2 heterocycles. The van der Waals surface area contributed by atoms with Crippen molar-refractivity contribution in [3.63, 3.8) is 0 Å². The van der Waals surface area contributed by atoms with Crippen LogP contribution in [0.4, 0.5) is 5.69 Å². The van der Waals surface area contributed by atoms with Crippen molar-refractivity contribution < 1.29 is 14.0 Å². The molecule has 8 heteroatoms. The maximum Gasteiger partial charge on any atom is 0.265 e. The molecule has 0 saturated carbocycles. The molecule has 2 aromatic carbocycles. The zero-order valence-corrected chi connectivity index (χ0v) is 19.3. The van der Waals surface area contributed by atoms with E-state index in [0.29, 0.717) is 27.9 Å². The Morgan fingerprint density at radius 1 is 1.21 bits per heavy atom. The van der Waals surface area contributed by atoms with Crippen LogP contribution in [-0.4, -0.2) is 17.1 Å². The normalized spacial score (nSPS) is 17.1. The van der Waals surface area contributed by atoms with Gasteiger partial charge in [0.25, 0.3) is 5.91 Å². The number of anilines is 1. The summed E-state index contributed by atoms with van der Waals surface area (Å²) in [6.07, 6.45) is 1.93. The van der Waals surface area contributed by atoms with Gasteiger partial charge in [-0.2, -0.15) is 5.26 Å². The number of hydrogen-bond acceptors (Lipinski definition) is 5. The summed E-state index contributed by atoms with van der Waals surface area (Å²) in [6.45, 7) is 2.09. The molecule has 2 amide bonds. The van der Waals surface area contributed by atoms with Gasteiger partial charge in [-0.3, -0.25) is 14.5 Å². The van der Waals surface area contributed by atoms with Crippen molar-refractivity contribution in [2.45, 2.75) is 25.1 Å². The number of aryl methyl sites for hydroxylation is 1. The molecule has 3 aromatic rings. The molecule has 1 aliphatic rings. The molecule has 1 fully saturated rings. The van der Waals surface area contributed by atoms with Crippen LogP contribution in [0.2, 0.25) is 5.02 Å². The van der Waals surface area contributed by atoms with E-state index in [0.717, 1.165) is 11.1 Å². The van der Waals surface area contributed by atoms with Gasteiger partial charge in [0.2, 0.25) is 5.91 Å². The number of nitriles is 1. The summed E-state index contributed by atoms with van der Waals surface area (Å²) in [5, 5.41) is 13.0. The molecule has 0 unspecified atom stereocenters. The molecule has 0 aliphatic carbocycles. The largest absolute Gasteiger partial charge is 0.467 e. The second-order valence-electron chi connectivity index (χ2n) is 7.50. The van der Waals surface area contributed by atoms with Crippen molar-refractivity contribution in [1.82, 2.24) is 5.32 Å². The van der Waals surface area contributed by atoms with Crippen LogP contribution in [0.1, 0.15) is 16.9 Å². The van der Waals surface area contributed by atoms with Gasteiger partial charge >= 0.3 is 0 Å². The van der Waals surface area contributed by atoms with E-state index in [4.69, 9.17) is 16.0 Å². The van der Waals surface area contributed by atoms with E-state index in [-0.39, 0.29) is 18.0 Å². The van der Waals surface area contributed by atoms with Crippen molar-refractivity contribution in [3.8, 4) is 6.07 Å². The average Bonchev–Trinajstić information content (AvgIpc) is 3.42. The SMILES string of the molecule is Cc1ccc(N2C(=O)[C@@H](Cc3cccc(Cl)c3)S/C2=C(/C#N)C(=O)NCc2ccco2)cc1. The summed E-state index contributed by atoms with van der Waals surface area (Å²) in [5.41, 5.74) is 2.43. The highest BCUT2D eigenvalue weighted by molar-refractivity contribution is 8.05. The first-order valence-corrected chi connectivity index (χ1v) is 11.5. The van der Waals surface area contributed by atoms with Crippen LogP contribution in [0.3, 0.4) is 0 Å². The highest BCUT2D eigenvalue weighted by Crippen LogP contribution is 2.42. The van der Waals surface area contributed by atoms with E-state index < -0.39 is 11.2 Å². The summed E-state index contributed by atoms with van der Waals surface area (Å²) in [4.78, 5) is 27.8. The first kappa shape index (κ1) is 22.7. The number of rotatable bonds is 6. The Bertz CT molecular complexity index is 1250. The molecule has 33 heavy (non-hydrogen) atoms. The molecule has 6 nitrogen and oxygen atoms in total. The summed E-state index contributed by atoms with van der Waals surface area (Å²) in [6, 6.07) is 20.2. The molecule has 4 rings (SSSR count). The molecule has 0 radical (unpaired) electrons. The van der Waals surface area contributed by atoms with Gasteiger partial charge in [-0.05, 0) is 55.3 Å². The number of halogens is 1. The first-order chi connectivity index (χ1) is 16.0. The van der Waals surface area contributed by atoms with Crippen LogP contribution in [0.15, 0.2) is 81.9 Å². The highest BCUT2D eigenvalue weighted by Gasteiger charge is 2.40. The van der Waals surface area contributed by atoms with Gasteiger partial charge in [-0.1, -0.05) is 53.2 Å². The number of nitrogens with one attached hydrogen (secondary N) is 1. The van der Waals surface area contributed by atoms with Gasteiger partial charge in [0.05, 0.1) is 18.1 Å². The Morgan fingerprint density at radius 2 is 2.00 bits per heavy atom. The Hall–Kier alpha value is -3.47. The number of benzene rings is 2. The third-order valence-electron chi connectivity index (χ3n) is 5.11. The van der Waals surface area contributed by atoms with Crippen molar-refractivity contribution in [3.05, 3.63) is 99.4 Å². The third kappa shape index (κ3) is 5.14. The predicted octanol–water partition coefficient (Wildman–Crippen LogP) is 4.98. The van der Waals surface area contributed by atoms with E-state index >= 15 is 0 Å². The summed E-state index contributed by atoms with van der Waals surface area (Å²) in [5.74, 6) is -0.190. The number of carbonyl (C=O) groups excluding carboxylic acids is 2. The van der Waals surface area contributed by atoms with Crippen molar-refractivity contribution in [1.29, 1.82) is 5.26 Å². The molecule has 1 aromatic heterocycles. The lowest BCUT2D eigenvalue weighted by atomic mass is 10.1. The van der Waals surface area contributed by atoms with Gasteiger partial charge in [-0.15, -0.1) is 0 Å². The van der Waals surface area contributed by atoms with Crippen LogP contribution in [0.25, 0.3) is 0 Å². The van der Waals surface area contributed by atoms with Gasteiger partial charge < -0.3 is 9.73 Å². The monoisotopic (exact) mass is 477 g/mol. The van der Waals surface area contributed by atoms with Gasteiger partial charge in [0.15, 0.2) is 0 Å². The summed E-state index contributed by atoms with van der Waals surface area (Å²) >= 11 is 7.33. The number of nitrogens with zero attached hydrogens (tertiary/aromatic N) is 2. The van der Waals surface area contributed by atoms with E-state index in [9.17, 15) is 14.9 Å². The van der Waals surface area contributed by atoms with E-state index in [1.165, 1.54) is 22.9 Å². The molecular weight excluding hydrogens is 458 g/mol. The molecule has 0 bridgehead atoms. The van der Waals surface area contributed by atoms with Crippen LogP contribution in [-0.2, 0) is 22.6 Å². The molecule has 1 saturated heterocycles. The number of carbonyl (C=O) groups is 2. The van der Waals surface area contributed by atoms with Crippen LogP contribution in [0, 0.1) is 18.3 Å². The van der Waals surface area contributed by atoms with Crippen LogP contribution in [0.5, 0.6) is 0 Å². The lowest BCUT2D eigenvalue weighted by molar-refractivity contribution is -0.117. The Kier molecular flexibility index (Phi) is 6.87. The lowest BCUT2D eigenvalue weighted by Crippen LogP contribution is -2.32. The van der Waals surface area contributed by atoms with Crippen LogP contribution >= 0.6 is 23.4 Å². The molecular formula is C25H20ClN3O3S. The fraction of sp³-hybridized carbons (Fsp3) is 0.160. The predicted molar refractivity (Wildman–Crippen MR) is 128 cm³/mol. The van der Waals surface area contributed by atoms with Gasteiger partial charge in [0, 0.05) is 10.7 Å². The van der Waals surface area contributed by atoms with Gasteiger partial charge in [0.1, 0.15) is 22.4 Å². The van der Waals surface area contributed by atoms with Crippen molar-refractivity contribution in [2.75, 3.05) is 4.90 Å². The smallest absolute Gasteiger partial charge is 0.265 e. The fourth-order valence-electron chi connectivity index (χ4n) is 3.46.